The normalized spacial score (nSPS) is 10.4. The highest BCUT2D eigenvalue weighted by atomic mass is 79.9. The summed E-state index contributed by atoms with van der Waals surface area (Å²) in [5.41, 5.74) is 6.78. The van der Waals surface area contributed by atoms with Crippen LogP contribution in [0, 0.1) is 0 Å². The summed E-state index contributed by atoms with van der Waals surface area (Å²) in [6.07, 6.45) is 0.794. The first-order valence-corrected chi connectivity index (χ1v) is 4.95. The Morgan fingerprint density at radius 2 is 2.00 bits per heavy atom. The summed E-state index contributed by atoms with van der Waals surface area (Å²) in [5, 5.41) is 1.89. The van der Waals surface area contributed by atoms with E-state index in [1.54, 1.807) is 6.07 Å². The first-order chi connectivity index (χ1) is 6.74. The minimum atomic E-state index is 0.513. The van der Waals surface area contributed by atoms with Crippen LogP contribution in [0.1, 0.15) is 10.4 Å². The molecule has 2 aromatic carbocycles. The number of hydrogen-bond acceptors (Lipinski definition) is 2. The van der Waals surface area contributed by atoms with Crippen LogP contribution in [0.5, 0.6) is 0 Å². The largest absolute Gasteiger partial charge is 0.398 e. The lowest BCUT2D eigenvalue weighted by Gasteiger charge is -2.05. The average molecular weight is 250 g/mol. The first-order valence-electron chi connectivity index (χ1n) is 4.16. The van der Waals surface area contributed by atoms with E-state index in [0.717, 1.165) is 21.5 Å². The Balaban J connectivity index is 2.98. The molecular weight excluding hydrogens is 242 g/mol. The van der Waals surface area contributed by atoms with E-state index < -0.39 is 0 Å². The predicted molar refractivity (Wildman–Crippen MR) is 61.4 cm³/mol. The second kappa shape index (κ2) is 3.42. The van der Waals surface area contributed by atoms with Gasteiger partial charge in [-0.1, -0.05) is 34.1 Å². The monoisotopic (exact) mass is 249 g/mol. The molecule has 0 aliphatic carbocycles. The smallest absolute Gasteiger partial charge is 0.152 e. The zero-order valence-electron chi connectivity index (χ0n) is 7.33. The molecule has 0 heterocycles. The molecular formula is C11H8BrNO. The SMILES string of the molecule is Nc1ccc2cccc(Br)c2c1C=O. The van der Waals surface area contributed by atoms with Crippen LogP contribution >= 0.6 is 15.9 Å². The minimum absolute atomic E-state index is 0.513. The van der Waals surface area contributed by atoms with Crippen LogP contribution in [-0.2, 0) is 0 Å². The molecule has 0 amide bonds. The molecule has 0 saturated carbocycles. The van der Waals surface area contributed by atoms with E-state index in [0.29, 0.717) is 11.3 Å². The predicted octanol–water partition coefficient (Wildman–Crippen LogP) is 3.00. The number of halogens is 1. The highest BCUT2D eigenvalue weighted by molar-refractivity contribution is 9.10. The van der Waals surface area contributed by atoms with Crippen molar-refractivity contribution in [3.63, 3.8) is 0 Å². The van der Waals surface area contributed by atoms with E-state index in [1.165, 1.54) is 0 Å². The molecule has 14 heavy (non-hydrogen) atoms. The Hall–Kier alpha value is -1.35. The van der Waals surface area contributed by atoms with Gasteiger partial charge in [0.25, 0.3) is 0 Å². The minimum Gasteiger partial charge on any atom is -0.398 e. The molecule has 0 spiro atoms. The van der Waals surface area contributed by atoms with Crippen molar-refractivity contribution in [1.29, 1.82) is 0 Å². The summed E-state index contributed by atoms with van der Waals surface area (Å²) in [6, 6.07) is 9.43. The van der Waals surface area contributed by atoms with Gasteiger partial charge >= 0.3 is 0 Å². The first kappa shape index (κ1) is 9.21. The third-order valence-electron chi connectivity index (χ3n) is 2.19. The second-order valence-electron chi connectivity index (χ2n) is 3.02. The summed E-state index contributed by atoms with van der Waals surface area (Å²) >= 11 is 3.41. The van der Waals surface area contributed by atoms with Gasteiger partial charge in [-0.15, -0.1) is 0 Å². The number of anilines is 1. The van der Waals surface area contributed by atoms with Gasteiger partial charge in [-0.05, 0) is 17.5 Å². The zero-order valence-corrected chi connectivity index (χ0v) is 8.91. The topological polar surface area (TPSA) is 43.1 Å². The van der Waals surface area contributed by atoms with Gasteiger partial charge in [0, 0.05) is 21.1 Å². The number of nitrogens with two attached hydrogens (primary N) is 1. The van der Waals surface area contributed by atoms with Crippen LogP contribution in [0.2, 0.25) is 0 Å². The van der Waals surface area contributed by atoms with Crippen LogP contribution in [0.4, 0.5) is 5.69 Å². The summed E-state index contributed by atoms with van der Waals surface area (Å²) in [6.45, 7) is 0. The molecule has 0 atom stereocenters. The van der Waals surface area contributed by atoms with E-state index in [1.807, 2.05) is 24.3 Å². The van der Waals surface area contributed by atoms with E-state index >= 15 is 0 Å². The van der Waals surface area contributed by atoms with Crippen LogP contribution in [-0.4, -0.2) is 6.29 Å². The fourth-order valence-electron chi connectivity index (χ4n) is 1.50. The average Bonchev–Trinajstić information content (AvgIpc) is 2.19. The molecule has 2 nitrogen and oxygen atoms in total. The van der Waals surface area contributed by atoms with Gasteiger partial charge in [-0.2, -0.15) is 0 Å². The van der Waals surface area contributed by atoms with Crippen molar-refractivity contribution in [2.24, 2.45) is 0 Å². The molecule has 2 aromatic rings. The number of carbonyl (C=O) groups is 1. The number of nitrogen functional groups attached to an aromatic ring is 1. The summed E-state index contributed by atoms with van der Waals surface area (Å²) < 4.78 is 0.893. The summed E-state index contributed by atoms with van der Waals surface area (Å²) in [7, 11) is 0. The van der Waals surface area contributed by atoms with Crippen molar-refractivity contribution in [3.8, 4) is 0 Å². The van der Waals surface area contributed by atoms with Crippen LogP contribution in [0.15, 0.2) is 34.8 Å². The Morgan fingerprint density at radius 1 is 1.21 bits per heavy atom. The zero-order chi connectivity index (χ0) is 10.1. The molecule has 0 fully saturated rings. The van der Waals surface area contributed by atoms with Crippen molar-refractivity contribution in [1.82, 2.24) is 0 Å². The van der Waals surface area contributed by atoms with Crippen molar-refractivity contribution in [2.75, 3.05) is 5.73 Å². The molecule has 0 radical (unpaired) electrons. The van der Waals surface area contributed by atoms with Gasteiger partial charge in [0.2, 0.25) is 0 Å². The fourth-order valence-corrected chi connectivity index (χ4v) is 2.10. The molecule has 0 unspecified atom stereocenters. The lowest BCUT2D eigenvalue weighted by atomic mass is 10.0. The second-order valence-corrected chi connectivity index (χ2v) is 3.88. The standard InChI is InChI=1S/C11H8BrNO/c12-9-3-1-2-7-4-5-10(13)8(6-14)11(7)9/h1-6H,13H2. The van der Waals surface area contributed by atoms with Crippen molar-refractivity contribution in [3.05, 3.63) is 40.4 Å². The maximum atomic E-state index is 10.9. The van der Waals surface area contributed by atoms with Crippen LogP contribution in [0.25, 0.3) is 10.8 Å². The molecule has 0 aliphatic heterocycles. The van der Waals surface area contributed by atoms with Crippen molar-refractivity contribution in [2.45, 2.75) is 0 Å². The molecule has 0 aliphatic rings. The third-order valence-corrected chi connectivity index (χ3v) is 2.85. The Labute approximate surface area is 89.8 Å². The van der Waals surface area contributed by atoms with E-state index in [-0.39, 0.29) is 0 Å². The molecule has 0 saturated heterocycles. The molecule has 2 N–H and O–H groups in total. The summed E-state index contributed by atoms with van der Waals surface area (Å²) in [4.78, 5) is 10.9. The van der Waals surface area contributed by atoms with Crippen molar-refractivity contribution >= 4 is 38.7 Å². The van der Waals surface area contributed by atoms with Gasteiger partial charge in [-0.3, -0.25) is 4.79 Å². The van der Waals surface area contributed by atoms with Gasteiger partial charge in [0.15, 0.2) is 6.29 Å². The van der Waals surface area contributed by atoms with Gasteiger partial charge < -0.3 is 5.73 Å². The number of fused-ring (bicyclic) bond motifs is 1. The lowest BCUT2D eigenvalue weighted by molar-refractivity contribution is 0.112. The summed E-state index contributed by atoms with van der Waals surface area (Å²) in [5.74, 6) is 0. The van der Waals surface area contributed by atoms with E-state index in [2.05, 4.69) is 15.9 Å². The number of aldehydes is 1. The quantitative estimate of drug-likeness (QED) is 0.624. The number of carbonyl (C=O) groups excluding carboxylic acids is 1. The highest BCUT2D eigenvalue weighted by Gasteiger charge is 2.06. The Morgan fingerprint density at radius 3 is 2.71 bits per heavy atom. The number of benzene rings is 2. The van der Waals surface area contributed by atoms with Gasteiger partial charge in [-0.25, -0.2) is 0 Å². The van der Waals surface area contributed by atoms with Crippen molar-refractivity contribution < 1.29 is 4.79 Å². The number of rotatable bonds is 1. The molecule has 3 heteroatoms. The molecule has 0 aromatic heterocycles. The Kier molecular flexibility index (Phi) is 2.25. The third kappa shape index (κ3) is 1.30. The van der Waals surface area contributed by atoms with Crippen LogP contribution in [0.3, 0.4) is 0 Å². The molecule has 0 bridgehead atoms. The molecule has 70 valence electrons. The maximum Gasteiger partial charge on any atom is 0.152 e. The van der Waals surface area contributed by atoms with Gasteiger partial charge in [0.1, 0.15) is 0 Å². The maximum absolute atomic E-state index is 10.9. The van der Waals surface area contributed by atoms with Gasteiger partial charge in [0.05, 0.1) is 0 Å². The fraction of sp³-hybridized carbons (Fsp3) is 0. The van der Waals surface area contributed by atoms with Crippen LogP contribution < -0.4 is 5.73 Å². The molecule has 2 rings (SSSR count). The number of hydrogen-bond donors (Lipinski definition) is 1. The van der Waals surface area contributed by atoms with E-state index in [4.69, 9.17) is 5.73 Å². The van der Waals surface area contributed by atoms with E-state index in [9.17, 15) is 4.79 Å². The Bertz CT molecular complexity index is 508. The lowest BCUT2D eigenvalue weighted by Crippen LogP contribution is -1.94. The highest BCUT2D eigenvalue weighted by Crippen LogP contribution is 2.29.